The van der Waals surface area contributed by atoms with Gasteiger partial charge in [-0.25, -0.2) is 13.2 Å². The lowest BCUT2D eigenvalue weighted by Gasteiger charge is -2.17. The second-order valence-electron chi connectivity index (χ2n) is 5.55. The first-order chi connectivity index (χ1) is 13.3. The number of thiophene rings is 1. The molecule has 5 N–H and O–H groups in total. The van der Waals surface area contributed by atoms with E-state index < -0.39 is 21.7 Å². The molecule has 0 saturated heterocycles. The van der Waals surface area contributed by atoms with E-state index in [1.807, 2.05) is 23.6 Å². The van der Waals surface area contributed by atoms with Crippen LogP contribution in [0.2, 0.25) is 0 Å². The SMILES string of the molecule is CCOc1ccc(C(CC)c2cccs2)cc1S(=O)(=O)CNC(N)=O.NC=O. The summed E-state index contributed by atoms with van der Waals surface area (Å²) >= 11 is 1.64. The Labute approximate surface area is 168 Å². The third-order valence-electron chi connectivity index (χ3n) is 3.74. The second-order valence-corrected chi connectivity index (χ2v) is 8.49. The van der Waals surface area contributed by atoms with Gasteiger partial charge in [-0.3, -0.25) is 4.79 Å². The first kappa shape index (κ1) is 23.4. The Morgan fingerprint density at radius 2 is 2.00 bits per heavy atom. The Morgan fingerprint density at radius 3 is 2.50 bits per heavy atom. The summed E-state index contributed by atoms with van der Waals surface area (Å²) in [5, 5.41) is 4.14. The van der Waals surface area contributed by atoms with E-state index in [9.17, 15) is 13.2 Å². The van der Waals surface area contributed by atoms with Crippen LogP contribution in [0.15, 0.2) is 40.6 Å². The fraction of sp³-hybridized carbons (Fsp3) is 0.333. The summed E-state index contributed by atoms with van der Waals surface area (Å²) in [7, 11) is -3.77. The van der Waals surface area contributed by atoms with Gasteiger partial charge in [0.15, 0.2) is 9.84 Å². The molecule has 0 fully saturated rings. The van der Waals surface area contributed by atoms with Crippen molar-refractivity contribution in [3.63, 3.8) is 0 Å². The van der Waals surface area contributed by atoms with Crippen molar-refractivity contribution in [3.8, 4) is 5.75 Å². The number of rotatable bonds is 8. The standard InChI is InChI=1S/C17H22N2O4S2.CH3NO/c1-3-13(15-6-5-9-24-15)12-7-8-14(23-4-2)16(10-12)25(21,22)11-19-17(18)20;2-1-3/h5-10,13H,3-4,11H2,1-2H3,(H3,18,19,20);1H,(H2,2,3). The summed E-state index contributed by atoms with van der Waals surface area (Å²) in [4.78, 5) is 20.7. The van der Waals surface area contributed by atoms with E-state index in [1.54, 1.807) is 30.4 Å². The van der Waals surface area contributed by atoms with Gasteiger partial charge in [0.25, 0.3) is 0 Å². The molecule has 0 bridgehead atoms. The van der Waals surface area contributed by atoms with Crippen LogP contribution in [0.5, 0.6) is 5.75 Å². The number of primary amides is 2. The zero-order valence-electron chi connectivity index (χ0n) is 15.8. The van der Waals surface area contributed by atoms with Crippen LogP contribution >= 0.6 is 11.3 Å². The van der Waals surface area contributed by atoms with Crippen molar-refractivity contribution < 1.29 is 22.7 Å². The first-order valence-electron chi connectivity index (χ1n) is 8.52. The molecule has 0 aliphatic heterocycles. The number of carbonyl (C=O) groups excluding carboxylic acids is 2. The van der Waals surface area contributed by atoms with E-state index >= 15 is 0 Å². The van der Waals surface area contributed by atoms with Crippen LogP contribution in [-0.2, 0) is 14.6 Å². The summed E-state index contributed by atoms with van der Waals surface area (Å²) in [6.07, 6.45) is 1.09. The smallest absolute Gasteiger partial charge is 0.313 e. The number of hydrogen-bond acceptors (Lipinski definition) is 6. The minimum Gasteiger partial charge on any atom is -0.493 e. The Kier molecular flexibility index (Phi) is 9.46. The maximum Gasteiger partial charge on any atom is 0.313 e. The molecule has 0 radical (unpaired) electrons. The van der Waals surface area contributed by atoms with Crippen LogP contribution in [0.4, 0.5) is 4.79 Å². The topological polar surface area (TPSA) is 142 Å². The lowest BCUT2D eigenvalue weighted by molar-refractivity contribution is -0.106. The molecule has 0 spiro atoms. The lowest BCUT2D eigenvalue weighted by atomic mass is 9.95. The molecule has 0 aliphatic carbocycles. The fourth-order valence-electron chi connectivity index (χ4n) is 2.59. The first-order valence-corrected chi connectivity index (χ1v) is 11.0. The maximum absolute atomic E-state index is 12.6. The Balaban J connectivity index is 0.00000122. The van der Waals surface area contributed by atoms with Gasteiger partial charge in [0, 0.05) is 10.8 Å². The van der Waals surface area contributed by atoms with Gasteiger partial charge in [-0.15, -0.1) is 11.3 Å². The summed E-state index contributed by atoms with van der Waals surface area (Å²) < 4.78 is 30.7. The molecular weight excluding hydrogens is 402 g/mol. The third-order valence-corrected chi connectivity index (χ3v) is 6.24. The van der Waals surface area contributed by atoms with Crippen molar-refractivity contribution in [2.45, 2.75) is 31.1 Å². The zero-order valence-corrected chi connectivity index (χ0v) is 17.4. The van der Waals surface area contributed by atoms with Gasteiger partial charge in [0.1, 0.15) is 16.5 Å². The molecule has 1 aromatic heterocycles. The van der Waals surface area contributed by atoms with Crippen molar-refractivity contribution in [2.75, 3.05) is 12.5 Å². The predicted molar refractivity (Wildman–Crippen MR) is 109 cm³/mol. The molecule has 154 valence electrons. The van der Waals surface area contributed by atoms with Gasteiger partial charge in [-0.2, -0.15) is 0 Å². The number of amides is 3. The minimum absolute atomic E-state index is 0.0654. The van der Waals surface area contributed by atoms with E-state index in [0.29, 0.717) is 6.61 Å². The zero-order chi connectivity index (χ0) is 21.2. The average Bonchev–Trinajstić information content (AvgIpc) is 3.17. The van der Waals surface area contributed by atoms with Crippen LogP contribution < -0.4 is 21.5 Å². The summed E-state index contributed by atoms with van der Waals surface area (Å²) in [5.74, 6) is -0.186. The highest BCUT2D eigenvalue weighted by Gasteiger charge is 2.23. The highest BCUT2D eigenvalue weighted by Crippen LogP contribution is 2.35. The van der Waals surface area contributed by atoms with Crippen molar-refractivity contribution in [1.29, 1.82) is 0 Å². The molecule has 3 amide bonds. The minimum atomic E-state index is -3.77. The Hall–Kier alpha value is -2.59. The van der Waals surface area contributed by atoms with E-state index in [4.69, 9.17) is 15.3 Å². The number of ether oxygens (including phenoxy) is 1. The molecule has 0 saturated carbocycles. The molecule has 0 aliphatic rings. The predicted octanol–water partition coefficient (Wildman–Crippen LogP) is 2.19. The van der Waals surface area contributed by atoms with Crippen molar-refractivity contribution in [3.05, 3.63) is 46.2 Å². The van der Waals surface area contributed by atoms with Gasteiger partial charge in [0.05, 0.1) is 6.61 Å². The fourth-order valence-corrected chi connectivity index (χ4v) is 4.77. The number of carbonyl (C=O) groups is 2. The van der Waals surface area contributed by atoms with Gasteiger partial charge in [-0.1, -0.05) is 19.1 Å². The highest BCUT2D eigenvalue weighted by molar-refractivity contribution is 7.91. The van der Waals surface area contributed by atoms with E-state index in [-0.39, 0.29) is 23.0 Å². The summed E-state index contributed by atoms with van der Waals surface area (Å²) in [5.41, 5.74) is 10.1. The highest BCUT2D eigenvalue weighted by atomic mass is 32.2. The molecule has 1 atom stereocenters. The van der Waals surface area contributed by atoms with Crippen LogP contribution in [0.25, 0.3) is 0 Å². The lowest BCUT2D eigenvalue weighted by Crippen LogP contribution is -2.34. The molecule has 8 nitrogen and oxygen atoms in total. The van der Waals surface area contributed by atoms with Crippen LogP contribution in [-0.4, -0.2) is 33.3 Å². The normalized spacial score (nSPS) is 11.6. The maximum atomic E-state index is 12.6. The molecule has 10 heteroatoms. The monoisotopic (exact) mass is 427 g/mol. The largest absolute Gasteiger partial charge is 0.493 e. The summed E-state index contributed by atoms with van der Waals surface area (Å²) in [6.45, 7) is 4.18. The molecule has 1 unspecified atom stereocenters. The summed E-state index contributed by atoms with van der Waals surface area (Å²) in [6, 6.07) is 8.33. The Bertz CT molecular complexity index is 867. The van der Waals surface area contributed by atoms with Crippen LogP contribution in [0.1, 0.15) is 36.6 Å². The molecule has 1 heterocycles. The van der Waals surface area contributed by atoms with E-state index in [1.165, 1.54) is 4.88 Å². The molecule has 1 aromatic carbocycles. The van der Waals surface area contributed by atoms with Gasteiger partial charge in [0.2, 0.25) is 6.41 Å². The van der Waals surface area contributed by atoms with E-state index in [2.05, 4.69) is 18.0 Å². The number of nitrogens with one attached hydrogen (secondary N) is 1. The molecule has 2 aromatic rings. The molecular formula is C18H25N3O5S2. The quantitative estimate of drug-likeness (QED) is 0.554. The van der Waals surface area contributed by atoms with Crippen molar-refractivity contribution in [2.24, 2.45) is 11.5 Å². The van der Waals surface area contributed by atoms with Crippen molar-refractivity contribution >= 4 is 33.6 Å². The Morgan fingerprint density at radius 1 is 1.32 bits per heavy atom. The van der Waals surface area contributed by atoms with Crippen LogP contribution in [0, 0.1) is 0 Å². The number of nitrogens with two attached hydrogens (primary N) is 2. The number of sulfone groups is 1. The molecule has 2 rings (SSSR count). The van der Waals surface area contributed by atoms with Crippen molar-refractivity contribution in [1.82, 2.24) is 5.32 Å². The number of hydrogen-bond donors (Lipinski definition) is 3. The molecule has 28 heavy (non-hydrogen) atoms. The third kappa shape index (κ3) is 6.54. The van der Waals surface area contributed by atoms with Gasteiger partial charge < -0.3 is 21.5 Å². The number of benzene rings is 1. The second kappa shape index (κ2) is 11.3. The number of urea groups is 1. The van der Waals surface area contributed by atoms with E-state index in [0.717, 1.165) is 12.0 Å². The van der Waals surface area contributed by atoms with Gasteiger partial charge in [-0.05, 0) is 42.5 Å². The van der Waals surface area contributed by atoms with Gasteiger partial charge >= 0.3 is 6.03 Å². The van der Waals surface area contributed by atoms with Crippen LogP contribution in [0.3, 0.4) is 0 Å². The average molecular weight is 428 g/mol.